The molecule has 1 fully saturated rings. The zero-order valence-corrected chi connectivity index (χ0v) is 12.3. The molecular weight excluding hydrogens is 242 g/mol. The van der Waals surface area contributed by atoms with Gasteiger partial charge in [0, 0.05) is 35.8 Å². The van der Waals surface area contributed by atoms with Gasteiger partial charge in [-0.2, -0.15) is 11.8 Å². The molecule has 100 valence electrons. The third kappa shape index (κ3) is 2.81. The topological polar surface area (TPSA) is 42.1 Å². The van der Waals surface area contributed by atoms with E-state index in [9.17, 15) is 0 Å². The fraction of sp³-hybridized carbons (Fsp3) is 0.643. The molecule has 4 heteroatoms. The number of rotatable bonds is 3. The van der Waals surface area contributed by atoms with E-state index in [0.29, 0.717) is 17.8 Å². The van der Waals surface area contributed by atoms with Gasteiger partial charge in [-0.1, -0.05) is 13.8 Å². The van der Waals surface area contributed by atoms with Crippen LogP contribution in [0.2, 0.25) is 0 Å². The largest absolute Gasteiger partial charge is 0.352 e. The lowest BCUT2D eigenvalue weighted by molar-refractivity contribution is 0.618. The van der Waals surface area contributed by atoms with Gasteiger partial charge in [0.1, 0.15) is 5.82 Å². The second-order valence-corrected chi connectivity index (χ2v) is 6.38. The zero-order chi connectivity index (χ0) is 13.1. The summed E-state index contributed by atoms with van der Waals surface area (Å²) in [7, 11) is 0. The van der Waals surface area contributed by atoms with E-state index in [1.807, 2.05) is 0 Å². The highest BCUT2D eigenvalue weighted by Gasteiger charge is 2.26. The number of pyridine rings is 1. The summed E-state index contributed by atoms with van der Waals surface area (Å²) in [5.74, 6) is 2.29. The Morgan fingerprint density at radius 3 is 2.89 bits per heavy atom. The number of aryl methyl sites for hydroxylation is 1. The Labute approximate surface area is 114 Å². The smallest absolute Gasteiger partial charge is 0.129 e. The summed E-state index contributed by atoms with van der Waals surface area (Å²) < 4.78 is 0. The van der Waals surface area contributed by atoms with Crippen molar-refractivity contribution >= 4 is 17.6 Å². The van der Waals surface area contributed by atoms with Crippen molar-refractivity contribution in [3.63, 3.8) is 0 Å². The standard InChI is InChI=1S/C14H23N3S/c1-4-13-7-12(9-15)8-14(16-13)17-5-6-18-11(3)10(17)2/h7-8,10-11H,4-6,9,15H2,1-3H3. The van der Waals surface area contributed by atoms with Crippen LogP contribution in [0.3, 0.4) is 0 Å². The number of thioether (sulfide) groups is 1. The number of hydrogen-bond donors (Lipinski definition) is 1. The Balaban J connectivity index is 2.31. The second kappa shape index (κ2) is 5.93. The van der Waals surface area contributed by atoms with Gasteiger partial charge in [0.15, 0.2) is 0 Å². The fourth-order valence-electron chi connectivity index (χ4n) is 2.34. The molecule has 0 radical (unpaired) electrons. The molecule has 1 saturated heterocycles. The van der Waals surface area contributed by atoms with Crippen LogP contribution in [-0.2, 0) is 13.0 Å². The molecule has 0 saturated carbocycles. The van der Waals surface area contributed by atoms with Crippen LogP contribution in [-0.4, -0.2) is 28.6 Å². The van der Waals surface area contributed by atoms with E-state index in [1.165, 1.54) is 11.3 Å². The van der Waals surface area contributed by atoms with E-state index in [-0.39, 0.29) is 0 Å². The highest BCUT2D eigenvalue weighted by atomic mass is 32.2. The van der Waals surface area contributed by atoms with Gasteiger partial charge < -0.3 is 10.6 Å². The predicted molar refractivity (Wildman–Crippen MR) is 80.2 cm³/mol. The molecule has 18 heavy (non-hydrogen) atoms. The third-order valence-corrected chi connectivity index (χ3v) is 5.04. The van der Waals surface area contributed by atoms with Crippen molar-refractivity contribution in [3.05, 3.63) is 23.4 Å². The Kier molecular flexibility index (Phi) is 4.51. The molecular formula is C14H23N3S. The van der Waals surface area contributed by atoms with Gasteiger partial charge in [0.05, 0.1) is 0 Å². The van der Waals surface area contributed by atoms with Crippen molar-refractivity contribution in [3.8, 4) is 0 Å². The van der Waals surface area contributed by atoms with Crippen molar-refractivity contribution in [1.82, 2.24) is 4.98 Å². The Morgan fingerprint density at radius 1 is 1.44 bits per heavy atom. The maximum atomic E-state index is 5.78. The van der Waals surface area contributed by atoms with Gasteiger partial charge in [-0.25, -0.2) is 4.98 Å². The van der Waals surface area contributed by atoms with Crippen molar-refractivity contribution in [1.29, 1.82) is 0 Å². The van der Waals surface area contributed by atoms with Gasteiger partial charge >= 0.3 is 0 Å². The summed E-state index contributed by atoms with van der Waals surface area (Å²) in [5, 5.41) is 0.659. The van der Waals surface area contributed by atoms with Gasteiger partial charge in [0.2, 0.25) is 0 Å². The molecule has 1 aromatic rings. The number of anilines is 1. The van der Waals surface area contributed by atoms with E-state index < -0.39 is 0 Å². The van der Waals surface area contributed by atoms with Crippen LogP contribution in [0.25, 0.3) is 0 Å². The van der Waals surface area contributed by atoms with Crippen LogP contribution in [0.15, 0.2) is 12.1 Å². The molecule has 0 aromatic carbocycles. The molecule has 2 atom stereocenters. The Morgan fingerprint density at radius 2 is 2.22 bits per heavy atom. The summed E-state index contributed by atoms with van der Waals surface area (Å²) in [4.78, 5) is 7.20. The van der Waals surface area contributed by atoms with Crippen LogP contribution in [0, 0.1) is 0 Å². The summed E-state index contributed by atoms with van der Waals surface area (Å²) in [6.07, 6.45) is 0.966. The molecule has 2 N–H and O–H groups in total. The van der Waals surface area contributed by atoms with Crippen LogP contribution in [0.5, 0.6) is 0 Å². The van der Waals surface area contributed by atoms with Crippen LogP contribution < -0.4 is 10.6 Å². The molecule has 3 nitrogen and oxygen atoms in total. The SMILES string of the molecule is CCc1cc(CN)cc(N2CCSC(C)C2C)n1. The van der Waals surface area contributed by atoms with Crippen molar-refractivity contribution in [2.75, 3.05) is 17.2 Å². The number of nitrogens with two attached hydrogens (primary N) is 1. The molecule has 2 unspecified atom stereocenters. The van der Waals surface area contributed by atoms with E-state index in [2.05, 4.69) is 49.6 Å². The molecule has 0 spiro atoms. The molecule has 0 amide bonds. The van der Waals surface area contributed by atoms with Crippen molar-refractivity contribution < 1.29 is 0 Å². The van der Waals surface area contributed by atoms with E-state index in [1.54, 1.807) is 0 Å². The minimum atomic E-state index is 0.536. The Hall–Kier alpha value is -0.740. The summed E-state index contributed by atoms with van der Waals surface area (Å²) >= 11 is 2.05. The molecule has 2 rings (SSSR count). The summed E-state index contributed by atoms with van der Waals surface area (Å²) in [5.41, 5.74) is 8.12. The van der Waals surface area contributed by atoms with Gasteiger partial charge in [-0.05, 0) is 31.0 Å². The lowest BCUT2D eigenvalue weighted by Crippen LogP contribution is -2.45. The van der Waals surface area contributed by atoms with E-state index in [0.717, 1.165) is 24.5 Å². The van der Waals surface area contributed by atoms with Gasteiger partial charge in [-0.15, -0.1) is 0 Å². The molecule has 2 heterocycles. The highest BCUT2D eigenvalue weighted by Crippen LogP contribution is 2.28. The first-order valence-electron chi connectivity index (χ1n) is 6.73. The lowest BCUT2D eigenvalue weighted by atomic mass is 10.1. The Bertz CT molecular complexity index is 386. The van der Waals surface area contributed by atoms with Crippen LogP contribution >= 0.6 is 11.8 Å². The first-order chi connectivity index (χ1) is 8.65. The monoisotopic (exact) mass is 265 g/mol. The first kappa shape index (κ1) is 13.7. The zero-order valence-electron chi connectivity index (χ0n) is 11.5. The average molecular weight is 265 g/mol. The van der Waals surface area contributed by atoms with Crippen molar-refractivity contribution in [2.24, 2.45) is 5.73 Å². The van der Waals surface area contributed by atoms with E-state index in [4.69, 9.17) is 10.7 Å². The van der Waals surface area contributed by atoms with Crippen molar-refractivity contribution in [2.45, 2.75) is 45.0 Å². The minimum Gasteiger partial charge on any atom is -0.352 e. The lowest BCUT2D eigenvalue weighted by Gasteiger charge is -2.38. The maximum absolute atomic E-state index is 5.78. The van der Waals surface area contributed by atoms with E-state index >= 15 is 0 Å². The third-order valence-electron chi connectivity index (χ3n) is 3.70. The average Bonchev–Trinajstić information content (AvgIpc) is 2.41. The summed E-state index contributed by atoms with van der Waals surface area (Å²) in [6, 6.07) is 4.81. The number of nitrogens with zero attached hydrogens (tertiary/aromatic N) is 2. The molecule has 1 aliphatic heterocycles. The van der Waals surface area contributed by atoms with Gasteiger partial charge in [-0.3, -0.25) is 0 Å². The second-order valence-electron chi connectivity index (χ2n) is 4.89. The van der Waals surface area contributed by atoms with Gasteiger partial charge in [0.25, 0.3) is 0 Å². The highest BCUT2D eigenvalue weighted by molar-refractivity contribution is 8.00. The van der Waals surface area contributed by atoms with Crippen LogP contribution in [0.1, 0.15) is 32.0 Å². The first-order valence-corrected chi connectivity index (χ1v) is 7.78. The maximum Gasteiger partial charge on any atom is 0.129 e. The molecule has 0 bridgehead atoms. The van der Waals surface area contributed by atoms with Crippen LogP contribution in [0.4, 0.5) is 5.82 Å². The predicted octanol–water partition coefficient (Wildman–Crippen LogP) is 2.43. The molecule has 1 aliphatic rings. The number of aromatic nitrogens is 1. The summed E-state index contributed by atoms with van der Waals surface area (Å²) in [6.45, 7) is 8.41. The normalized spacial score (nSPS) is 24.3. The fourth-order valence-corrected chi connectivity index (χ4v) is 3.44. The molecule has 0 aliphatic carbocycles. The number of hydrogen-bond acceptors (Lipinski definition) is 4. The quantitative estimate of drug-likeness (QED) is 0.911. The minimum absolute atomic E-state index is 0.536. The molecule has 1 aromatic heterocycles.